The Hall–Kier alpha value is -1.38. The van der Waals surface area contributed by atoms with Crippen LogP contribution in [0.3, 0.4) is 0 Å². The quantitative estimate of drug-likeness (QED) is 0.801. The number of aromatic carboxylic acids is 1. The average molecular weight is 331 g/mol. The third-order valence-corrected chi connectivity index (χ3v) is 5.73. The standard InChI is InChI=1S/C14H21NO6S/c1-10(12-3-4-13(21-12)14(16)17)15(6-7-20-2)11-5-8-22(18,19)9-11/h3-4,10-11H,5-9H2,1-2H3,(H,16,17). The van der Waals surface area contributed by atoms with Crippen LogP contribution in [0.2, 0.25) is 0 Å². The van der Waals surface area contributed by atoms with E-state index < -0.39 is 15.8 Å². The fourth-order valence-electron chi connectivity index (χ4n) is 2.78. The van der Waals surface area contributed by atoms with E-state index in [0.29, 0.717) is 25.3 Å². The van der Waals surface area contributed by atoms with Gasteiger partial charge in [0.15, 0.2) is 9.84 Å². The predicted molar refractivity (Wildman–Crippen MR) is 79.7 cm³/mol. The van der Waals surface area contributed by atoms with Gasteiger partial charge in [-0.05, 0) is 25.5 Å². The van der Waals surface area contributed by atoms with Gasteiger partial charge >= 0.3 is 5.97 Å². The molecule has 8 heteroatoms. The lowest BCUT2D eigenvalue weighted by molar-refractivity contribution is 0.0644. The zero-order chi connectivity index (χ0) is 16.3. The first-order valence-corrected chi connectivity index (χ1v) is 8.94. The molecule has 0 saturated carbocycles. The number of hydrogen-bond donors (Lipinski definition) is 1. The van der Waals surface area contributed by atoms with Gasteiger partial charge in [-0.25, -0.2) is 13.2 Å². The van der Waals surface area contributed by atoms with Crippen LogP contribution in [0, 0.1) is 0 Å². The fraction of sp³-hybridized carbons (Fsp3) is 0.643. The lowest BCUT2D eigenvalue weighted by Crippen LogP contribution is -2.40. The third kappa shape index (κ3) is 3.88. The maximum atomic E-state index is 11.7. The molecule has 0 aliphatic carbocycles. The number of methoxy groups -OCH3 is 1. The molecule has 124 valence electrons. The Morgan fingerprint density at radius 1 is 1.55 bits per heavy atom. The first-order valence-electron chi connectivity index (χ1n) is 7.12. The highest BCUT2D eigenvalue weighted by molar-refractivity contribution is 7.91. The Morgan fingerprint density at radius 2 is 2.27 bits per heavy atom. The van der Waals surface area contributed by atoms with Gasteiger partial charge in [-0.2, -0.15) is 0 Å². The monoisotopic (exact) mass is 331 g/mol. The normalized spacial score (nSPS) is 22.0. The van der Waals surface area contributed by atoms with Crippen molar-refractivity contribution in [1.29, 1.82) is 0 Å². The number of carboxylic acid groups (broad SMARTS) is 1. The lowest BCUT2D eigenvalue weighted by atomic mass is 10.1. The van der Waals surface area contributed by atoms with Crippen LogP contribution in [0.1, 0.15) is 35.7 Å². The molecule has 1 fully saturated rings. The van der Waals surface area contributed by atoms with Crippen molar-refractivity contribution < 1.29 is 27.5 Å². The molecule has 1 saturated heterocycles. The smallest absolute Gasteiger partial charge is 0.371 e. The molecule has 0 amide bonds. The topological polar surface area (TPSA) is 97.0 Å². The van der Waals surface area contributed by atoms with Crippen LogP contribution >= 0.6 is 0 Å². The van der Waals surface area contributed by atoms with Crippen molar-refractivity contribution in [2.24, 2.45) is 0 Å². The van der Waals surface area contributed by atoms with Crippen molar-refractivity contribution in [2.45, 2.75) is 25.4 Å². The molecule has 2 heterocycles. The summed E-state index contributed by atoms with van der Waals surface area (Å²) < 4.78 is 33.9. The van der Waals surface area contributed by atoms with Crippen molar-refractivity contribution in [2.75, 3.05) is 31.8 Å². The number of carboxylic acids is 1. The number of furan rings is 1. The molecular formula is C14H21NO6S. The summed E-state index contributed by atoms with van der Waals surface area (Å²) in [6.07, 6.45) is 0.572. The van der Waals surface area contributed by atoms with Gasteiger partial charge in [-0.1, -0.05) is 0 Å². The molecule has 1 N–H and O–H groups in total. The van der Waals surface area contributed by atoms with Crippen molar-refractivity contribution in [3.63, 3.8) is 0 Å². The van der Waals surface area contributed by atoms with E-state index in [1.807, 2.05) is 11.8 Å². The van der Waals surface area contributed by atoms with Gasteiger partial charge in [0, 0.05) is 19.7 Å². The van der Waals surface area contributed by atoms with Gasteiger partial charge in [0.1, 0.15) is 5.76 Å². The molecule has 0 bridgehead atoms. The minimum atomic E-state index is -3.00. The molecule has 0 radical (unpaired) electrons. The van der Waals surface area contributed by atoms with Gasteiger partial charge in [0.2, 0.25) is 5.76 Å². The van der Waals surface area contributed by atoms with Crippen LogP contribution in [-0.4, -0.2) is 62.2 Å². The van der Waals surface area contributed by atoms with Gasteiger partial charge < -0.3 is 14.3 Å². The number of nitrogens with zero attached hydrogens (tertiary/aromatic N) is 1. The highest BCUT2D eigenvalue weighted by atomic mass is 32.2. The fourth-order valence-corrected chi connectivity index (χ4v) is 4.52. The highest BCUT2D eigenvalue weighted by Crippen LogP contribution is 2.28. The lowest BCUT2D eigenvalue weighted by Gasteiger charge is -2.32. The minimum absolute atomic E-state index is 0.103. The van der Waals surface area contributed by atoms with Crippen molar-refractivity contribution in [3.05, 3.63) is 23.7 Å². The molecule has 1 aliphatic heterocycles. The highest BCUT2D eigenvalue weighted by Gasteiger charge is 2.35. The van der Waals surface area contributed by atoms with Gasteiger partial charge in [-0.15, -0.1) is 0 Å². The Morgan fingerprint density at radius 3 is 2.77 bits per heavy atom. The predicted octanol–water partition coefficient (Wildman–Crippen LogP) is 1.17. The summed E-state index contributed by atoms with van der Waals surface area (Å²) >= 11 is 0. The molecule has 2 atom stereocenters. The molecule has 7 nitrogen and oxygen atoms in total. The van der Waals surface area contributed by atoms with E-state index in [4.69, 9.17) is 14.3 Å². The van der Waals surface area contributed by atoms with Crippen LogP contribution in [0.4, 0.5) is 0 Å². The van der Waals surface area contributed by atoms with Crippen LogP contribution < -0.4 is 0 Å². The Labute approximate surface area is 129 Å². The SMILES string of the molecule is COCCN(C1CCS(=O)(=O)C1)C(C)c1ccc(C(=O)O)o1. The summed E-state index contributed by atoms with van der Waals surface area (Å²) in [6.45, 7) is 2.90. The molecule has 1 aromatic rings. The maximum absolute atomic E-state index is 11.7. The average Bonchev–Trinajstić information content (AvgIpc) is 3.06. The Balaban J connectivity index is 2.18. The van der Waals surface area contributed by atoms with E-state index in [9.17, 15) is 13.2 Å². The molecule has 1 aliphatic rings. The van der Waals surface area contributed by atoms with E-state index >= 15 is 0 Å². The molecule has 2 unspecified atom stereocenters. The van der Waals surface area contributed by atoms with Crippen molar-refractivity contribution >= 4 is 15.8 Å². The molecule has 1 aromatic heterocycles. The maximum Gasteiger partial charge on any atom is 0.371 e. The van der Waals surface area contributed by atoms with Crippen molar-refractivity contribution in [1.82, 2.24) is 4.90 Å². The zero-order valence-corrected chi connectivity index (χ0v) is 13.5. The first kappa shape index (κ1) is 17.0. The first-order chi connectivity index (χ1) is 10.3. The van der Waals surface area contributed by atoms with Crippen LogP contribution in [0.15, 0.2) is 16.5 Å². The summed E-state index contributed by atoms with van der Waals surface area (Å²) in [7, 11) is -1.41. The molecule has 2 rings (SSSR count). The van der Waals surface area contributed by atoms with Gasteiger partial charge in [0.25, 0.3) is 0 Å². The minimum Gasteiger partial charge on any atom is -0.475 e. The second-order valence-corrected chi connectivity index (χ2v) is 7.70. The Kier molecular flexibility index (Phi) is 5.25. The molecule has 0 aromatic carbocycles. The number of rotatable bonds is 7. The second-order valence-electron chi connectivity index (χ2n) is 5.47. The van der Waals surface area contributed by atoms with Crippen LogP contribution in [0.25, 0.3) is 0 Å². The summed E-state index contributed by atoms with van der Waals surface area (Å²) in [6, 6.07) is 2.71. The summed E-state index contributed by atoms with van der Waals surface area (Å²) in [4.78, 5) is 12.9. The number of carbonyl (C=O) groups is 1. The molecule has 0 spiro atoms. The van der Waals surface area contributed by atoms with E-state index in [-0.39, 0.29) is 29.3 Å². The number of sulfone groups is 1. The van der Waals surface area contributed by atoms with Crippen LogP contribution in [-0.2, 0) is 14.6 Å². The second kappa shape index (κ2) is 6.80. The zero-order valence-electron chi connectivity index (χ0n) is 12.7. The number of hydrogen-bond acceptors (Lipinski definition) is 6. The largest absolute Gasteiger partial charge is 0.475 e. The van der Waals surface area contributed by atoms with E-state index in [2.05, 4.69) is 0 Å². The molecular weight excluding hydrogens is 310 g/mol. The Bertz CT molecular complexity index is 623. The third-order valence-electron chi connectivity index (χ3n) is 3.98. The summed E-state index contributed by atoms with van der Waals surface area (Å²) in [5.41, 5.74) is 0. The summed E-state index contributed by atoms with van der Waals surface area (Å²) in [5.74, 6) is -0.421. The van der Waals surface area contributed by atoms with E-state index in [0.717, 1.165) is 0 Å². The summed E-state index contributed by atoms with van der Waals surface area (Å²) in [5, 5.41) is 8.93. The van der Waals surface area contributed by atoms with Crippen LogP contribution in [0.5, 0.6) is 0 Å². The van der Waals surface area contributed by atoms with Gasteiger partial charge in [0.05, 0.1) is 24.2 Å². The van der Waals surface area contributed by atoms with Crippen molar-refractivity contribution in [3.8, 4) is 0 Å². The van der Waals surface area contributed by atoms with E-state index in [1.165, 1.54) is 6.07 Å². The van der Waals surface area contributed by atoms with E-state index in [1.54, 1.807) is 13.2 Å². The molecule has 22 heavy (non-hydrogen) atoms. The van der Waals surface area contributed by atoms with Gasteiger partial charge in [-0.3, -0.25) is 4.90 Å². The number of ether oxygens (including phenoxy) is 1.